The van der Waals surface area contributed by atoms with E-state index in [1.807, 2.05) is 24.3 Å². The zero-order valence-corrected chi connectivity index (χ0v) is 17.7. The fraction of sp³-hybridized carbons (Fsp3) is 0.429. The molecule has 0 amide bonds. The van der Waals surface area contributed by atoms with Gasteiger partial charge in [0.2, 0.25) is 0 Å². The second kappa shape index (κ2) is 11.5. The minimum absolute atomic E-state index is 0.335. The molecule has 8 heteroatoms. The highest BCUT2D eigenvalue weighted by Gasteiger charge is 2.19. The molecule has 1 saturated heterocycles. The van der Waals surface area contributed by atoms with E-state index in [2.05, 4.69) is 47.9 Å². The largest absolute Gasteiger partial charge is 0.491 e. The maximum atomic E-state index is 10.3. The first-order valence-corrected chi connectivity index (χ1v) is 10.6. The van der Waals surface area contributed by atoms with E-state index < -0.39 is 16.6 Å². The van der Waals surface area contributed by atoms with Crippen molar-refractivity contribution in [2.45, 2.75) is 20.0 Å². The summed E-state index contributed by atoms with van der Waals surface area (Å²) >= 11 is 0. The Kier molecular flexibility index (Phi) is 9.11. The molecule has 158 valence electrons. The molecular formula is C21H29N3O4S. The molecule has 1 aliphatic heterocycles. The lowest BCUT2D eigenvalue weighted by atomic mass is 10.2. The van der Waals surface area contributed by atoms with Gasteiger partial charge in [-0.05, 0) is 38.1 Å². The van der Waals surface area contributed by atoms with Gasteiger partial charge in [-0.3, -0.25) is 4.90 Å². The molecule has 7 nitrogen and oxygen atoms in total. The van der Waals surface area contributed by atoms with E-state index in [4.69, 9.17) is 17.9 Å². The molecule has 0 saturated carbocycles. The molecule has 3 rings (SSSR count). The van der Waals surface area contributed by atoms with Gasteiger partial charge in [0.05, 0.1) is 0 Å². The molecule has 2 aromatic carbocycles. The van der Waals surface area contributed by atoms with E-state index in [1.165, 1.54) is 16.8 Å². The third-order valence-electron chi connectivity index (χ3n) is 4.70. The molecule has 1 heterocycles. The van der Waals surface area contributed by atoms with Crippen molar-refractivity contribution in [3.05, 3.63) is 59.7 Å². The topological polar surface area (TPSA) is 93.9 Å². The highest BCUT2D eigenvalue weighted by molar-refractivity contribution is 7.60. The number of piperazine rings is 1. The monoisotopic (exact) mass is 419 g/mol. The zero-order chi connectivity index (χ0) is 21.2. The number of aliphatic hydroxyl groups excluding tert-OH is 1. The van der Waals surface area contributed by atoms with Crippen LogP contribution in [-0.4, -0.2) is 63.9 Å². The van der Waals surface area contributed by atoms with Crippen LogP contribution in [0.3, 0.4) is 0 Å². The van der Waals surface area contributed by atoms with Gasteiger partial charge in [-0.1, -0.05) is 35.4 Å². The molecule has 1 unspecified atom stereocenters. The molecule has 0 aliphatic carbocycles. The minimum Gasteiger partial charge on any atom is -0.491 e. The van der Waals surface area contributed by atoms with Crippen molar-refractivity contribution >= 4 is 16.2 Å². The maximum Gasteiger partial charge on any atom is 0.308 e. The van der Waals surface area contributed by atoms with Crippen molar-refractivity contribution < 1.29 is 18.3 Å². The Morgan fingerprint density at radius 1 is 0.966 bits per heavy atom. The van der Waals surface area contributed by atoms with Crippen LogP contribution in [0.1, 0.15) is 11.1 Å². The molecule has 0 radical (unpaired) electrons. The molecule has 1 fully saturated rings. The van der Waals surface area contributed by atoms with E-state index in [1.54, 1.807) is 0 Å². The van der Waals surface area contributed by atoms with Crippen molar-refractivity contribution in [2.24, 2.45) is 0 Å². The van der Waals surface area contributed by atoms with E-state index in [-0.39, 0.29) is 0 Å². The lowest BCUT2D eigenvalue weighted by Crippen LogP contribution is -2.49. The van der Waals surface area contributed by atoms with Gasteiger partial charge in [0.15, 0.2) is 0 Å². The van der Waals surface area contributed by atoms with Gasteiger partial charge < -0.3 is 14.7 Å². The van der Waals surface area contributed by atoms with E-state index >= 15 is 0 Å². The van der Waals surface area contributed by atoms with Gasteiger partial charge in [0, 0.05) is 38.4 Å². The average Bonchev–Trinajstić information content (AvgIpc) is 2.68. The van der Waals surface area contributed by atoms with Crippen molar-refractivity contribution in [3.63, 3.8) is 0 Å². The van der Waals surface area contributed by atoms with Crippen molar-refractivity contribution in [2.75, 3.05) is 44.2 Å². The van der Waals surface area contributed by atoms with Gasteiger partial charge in [0.25, 0.3) is 0 Å². The smallest absolute Gasteiger partial charge is 0.308 e. The summed E-state index contributed by atoms with van der Waals surface area (Å²) < 4.78 is 28.5. The molecule has 1 aliphatic rings. The second-order valence-electron chi connectivity index (χ2n) is 7.14. The van der Waals surface area contributed by atoms with Crippen LogP contribution in [0.15, 0.2) is 48.5 Å². The number of hydrogen-bond acceptors (Lipinski definition) is 7. The number of aryl methyl sites for hydroxylation is 2. The molecule has 29 heavy (non-hydrogen) atoms. The number of rotatable bonds is 6. The minimum atomic E-state index is -2.61. The predicted molar refractivity (Wildman–Crippen MR) is 114 cm³/mol. The fourth-order valence-electron chi connectivity index (χ4n) is 3.12. The Hall–Kier alpha value is -2.42. The van der Waals surface area contributed by atoms with Crippen LogP contribution >= 0.6 is 0 Å². The molecule has 0 spiro atoms. The van der Waals surface area contributed by atoms with E-state index in [9.17, 15) is 5.11 Å². The number of nitrogens with one attached hydrogen (secondary N) is 1. The molecular weight excluding hydrogens is 390 g/mol. The third-order valence-corrected chi connectivity index (χ3v) is 4.70. The fourth-order valence-corrected chi connectivity index (χ4v) is 3.12. The Balaban J connectivity index is 0.000000687. The standard InChI is InChI=1S/C21H28N2O2.HNO2S/c1-17-3-7-19(8-4-17)23-13-11-22(12-14-23)15-20(24)16-25-21-9-5-18(2)6-10-21;1-4(2)3/h3-10,20,24H,11-16H2,1-2H3;1H. The van der Waals surface area contributed by atoms with Crippen LogP contribution in [0.5, 0.6) is 5.75 Å². The van der Waals surface area contributed by atoms with Gasteiger partial charge in [-0.2, -0.15) is 13.2 Å². The van der Waals surface area contributed by atoms with Crippen LogP contribution in [0.25, 0.3) is 0 Å². The second-order valence-corrected chi connectivity index (χ2v) is 7.61. The lowest BCUT2D eigenvalue weighted by Gasteiger charge is -2.36. The number of nitrogens with zero attached hydrogens (tertiary/aromatic N) is 2. The van der Waals surface area contributed by atoms with Crippen molar-refractivity contribution in [1.29, 1.82) is 4.78 Å². The summed E-state index contributed by atoms with van der Waals surface area (Å²) in [6.45, 7) is 9.08. The summed E-state index contributed by atoms with van der Waals surface area (Å²) in [6, 6.07) is 16.6. The first kappa shape index (κ1) is 22.9. The predicted octanol–water partition coefficient (Wildman–Crippen LogP) is 2.49. The van der Waals surface area contributed by atoms with Crippen LogP contribution in [-0.2, 0) is 10.5 Å². The van der Waals surface area contributed by atoms with Gasteiger partial charge in [-0.15, -0.1) is 0 Å². The quantitative estimate of drug-likeness (QED) is 0.747. The summed E-state index contributed by atoms with van der Waals surface area (Å²) in [7, 11) is -2.61. The Labute approximate surface area is 174 Å². The van der Waals surface area contributed by atoms with E-state index in [0.717, 1.165) is 31.9 Å². The number of benzene rings is 2. The number of hydrogen-bond donors (Lipinski definition) is 2. The Morgan fingerprint density at radius 2 is 1.45 bits per heavy atom. The molecule has 1 atom stereocenters. The maximum absolute atomic E-state index is 10.3. The summed E-state index contributed by atoms with van der Waals surface area (Å²) in [6.07, 6.45) is -0.466. The molecule has 0 bridgehead atoms. The van der Waals surface area contributed by atoms with Gasteiger partial charge in [-0.25, -0.2) is 0 Å². The van der Waals surface area contributed by atoms with Crippen molar-refractivity contribution in [1.82, 2.24) is 4.90 Å². The van der Waals surface area contributed by atoms with Gasteiger partial charge in [0.1, 0.15) is 18.5 Å². The molecule has 2 N–H and O–H groups in total. The normalized spacial score (nSPS) is 15.2. The lowest BCUT2D eigenvalue weighted by molar-refractivity contribution is 0.0663. The highest BCUT2D eigenvalue weighted by Crippen LogP contribution is 2.17. The summed E-state index contributed by atoms with van der Waals surface area (Å²) in [5.74, 6) is 0.814. The number of ether oxygens (including phenoxy) is 1. The van der Waals surface area contributed by atoms with Crippen LogP contribution in [0.4, 0.5) is 5.69 Å². The SMILES string of the molecule is Cc1ccc(OCC(O)CN2CCN(c3ccc(C)cc3)CC2)cc1.N=S(=O)=O. The van der Waals surface area contributed by atoms with Crippen LogP contribution in [0, 0.1) is 18.6 Å². The average molecular weight is 420 g/mol. The number of aliphatic hydroxyl groups is 1. The van der Waals surface area contributed by atoms with Crippen LogP contribution in [0.2, 0.25) is 0 Å². The number of β-amino-alcohol motifs (C(OH)–C–C–N with tert-alkyl or cyclic N) is 1. The molecule has 2 aromatic rings. The first-order valence-electron chi connectivity index (χ1n) is 9.55. The third kappa shape index (κ3) is 8.64. The Morgan fingerprint density at radius 3 is 1.97 bits per heavy atom. The summed E-state index contributed by atoms with van der Waals surface area (Å²) in [5, 5.41) is 10.3. The van der Waals surface area contributed by atoms with Gasteiger partial charge >= 0.3 is 10.5 Å². The highest BCUT2D eigenvalue weighted by atomic mass is 32.2. The van der Waals surface area contributed by atoms with E-state index in [0.29, 0.717) is 13.2 Å². The first-order chi connectivity index (χ1) is 13.8. The van der Waals surface area contributed by atoms with Crippen molar-refractivity contribution in [3.8, 4) is 5.75 Å². The molecule has 0 aromatic heterocycles. The van der Waals surface area contributed by atoms with Crippen LogP contribution < -0.4 is 9.64 Å². The summed E-state index contributed by atoms with van der Waals surface area (Å²) in [5.41, 5.74) is 3.78. The zero-order valence-electron chi connectivity index (χ0n) is 16.9. The Bertz CT molecular complexity index is 840. The number of anilines is 1. The summed E-state index contributed by atoms with van der Waals surface area (Å²) in [4.78, 5) is 4.72.